The van der Waals surface area contributed by atoms with Crippen molar-refractivity contribution in [1.29, 1.82) is 0 Å². The number of aryl methyl sites for hydroxylation is 1. The standard InChI is InChI=1S/C17H26N2O/c1-12-5-4-6-14(8-7-12)19-17(20)16-10-9-15(18-3)11-13(16)2/h9-12,14,18H,4-8H2,1-3H3,(H,19,20). The van der Waals surface area contributed by atoms with E-state index in [1.807, 2.05) is 32.2 Å². The molecule has 2 N–H and O–H groups in total. The molecule has 2 atom stereocenters. The van der Waals surface area contributed by atoms with Crippen LogP contribution in [0.1, 0.15) is 54.9 Å². The maximum absolute atomic E-state index is 12.4. The van der Waals surface area contributed by atoms with E-state index in [4.69, 9.17) is 0 Å². The highest BCUT2D eigenvalue weighted by atomic mass is 16.1. The van der Waals surface area contributed by atoms with E-state index in [1.54, 1.807) is 0 Å². The molecule has 0 radical (unpaired) electrons. The smallest absolute Gasteiger partial charge is 0.251 e. The van der Waals surface area contributed by atoms with Crippen LogP contribution in [0, 0.1) is 12.8 Å². The van der Waals surface area contributed by atoms with Crippen LogP contribution >= 0.6 is 0 Å². The van der Waals surface area contributed by atoms with E-state index in [1.165, 1.54) is 19.3 Å². The molecule has 1 aromatic carbocycles. The normalized spacial score (nSPS) is 22.9. The van der Waals surface area contributed by atoms with Gasteiger partial charge < -0.3 is 10.6 Å². The number of anilines is 1. The van der Waals surface area contributed by atoms with Crippen molar-refractivity contribution in [3.05, 3.63) is 29.3 Å². The number of amides is 1. The molecule has 1 aliphatic rings. The molecule has 0 aromatic heterocycles. The van der Waals surface area contributed by atoms with Crippen molar-refractivity contribution in [2.75, 3.05) is 12.4 Å². The average molecular weight is 274 g/mol. The highest BCUT2D eigenvalue weighted by molar-refractivity contribution is 5.96. The number of carbonyl (C=O) groups is 1. The second-order valence-electron chi connectivity index (χ2n) is 6.06. The van der Waals surface area contributed by atoms with Crippen molar-refractivity contribution in [1.82, 2.24) is 5.32 Å². The zero-order chi connectivity index (χ0) is 14.5. The third-order valence-electron chi connectivity index (χ3n) is 4.35. The summed E-state index contributed by atoms with van der Waals surface area (Å²) in [7, 11) is 1.89. The zero-order valence-electron chi connectivity index (χ0n) is 12.8. The van der Waals surface area contributed by atoms with Crippen LogP contribution in [0.4, 0.5) is 5.69 Å². The molecule has 0 bridgehead atoms. The molecule has 2 unspecified atom stereocenters. The van der Waals surface area contributed by atoms with Crippen LogP contribution in [0.2, 0.25) is 0 Å². The molecule has 110 valence electrons. The van der Waals surface area contributed by atoms with E-state index in [9.17, 15) is 4.79 Å². The first-order valence-electron chi connectivity index (χ1n) is 7.69. The molecule has 3 nitrogen and oxygen atoms in total. The molecule has 1 fully saturated rings. The Morgan fingerprint density at radius 1 is 1.20 bits per heavy atom. The van der Waals surface area contributed by atoms with Crippen LogP contribution in [0.5, 0.6) is 0 Å². The topological polar surface area (TPSA) is 41.1 Å². The summed E-state index contributed by atoms with van der Waals surface area (Å²) in [6.07, 6.45) is 5.97. The lowest BCUT2D eigenvalue weighted by Crippen LogP contribution is -2.34. The third-order valence-corrected chi connectivity index (χ3v) is 4.35. The predicted octanol–water partition coefficient (Wildman–Crippen LogP) is 3.74. The minimum absolute atomic E-state index is 0.0738. The second kappa shape index (κ2) is 6.78. The van der Waals surface area contributed by atoms with E-state index < -0.39 is 0 Å². The highest BCUT2D eigenvalue weighted by Crippen LogP contribution is 2.23. The van der Waals surface area contributed by atoms with Crippen molar-refractivity contribution in [3.63, 3.8) is 0 Å². The number of nitrogens with one attached hydrogen (secondary N) is 2. The third kappa shape index (κ3) is 3.75. The molecule has 1 aliphatic carbocycles. The summed E-state index contributed by atoms with van der Waals surface area (Å²) in [5.41, 5.74) is 2.86. The molecule has 1 saturated carbocycles. The minimum atomic E-state index is 0.0738. The number of hydrogen-bond donors (Lipinski definition) is 2. The van der Waals surface area contributed by atoms with Crippen LogP contribution < -0.4 is 10.6 Å². The van der Waals surface area contributed by atoms with Crippen LogP contribution in [0.15, 0.2) is 18.2 Å². The summed E-state index contributed by atoms with van der Waals surface area (Å²) in [6, 6.07) is 6.23. The summed E-state index contributed by atoms with van der Waals surface area (Å²) in [4.78, 5) is 12.4. The van der Waals surface area contributed by atoms with E-state index in [2.05, 4.69) is 17.6 Å². The lowest BCUT2D eigenvalue weighted by molar-refractivity contribution is 0.0932. The van der Waals surface area contributed by atoms with Gasteiger partial charge in [0.1, 0.15) is 0 Å². The van der Waals surface area contributed by atoms with Crippen molar-refractivity contribution in [2.45, 2.75) is 52.0 Å². The van der Waals surface area contributed by atoms with Crippen LogP contribution in [0.3, 0.4) is 0 Å². The maximum Gasteiger partial charge on any atom is 0.251 e. The Kier molecular flexibility index (Phi) is 5.05. The summed E-state index contributed by atoms with van der Waals surface area (Å²) >= 11 is 0. The maximum atomic E-state index is 12.4. The molecule has 1 aromatic rings. The van der Waals surface area contributed by atoms with Gasteiger partial charge >= 0.3 is 0 Å². The van der Waals surface area contributed by atoms with Gasteiger partial charge in [-0.2, -0.15) is 0 Å². The molecule has 0 aliphatic heterocycles. The molecular formula is C17H26N2O. The van der Waals surface area contributed by atoms with Crippen molar-refractivity contribution >= 4 is 11.6 Å². The largest absolute Gasteiger partial charge is 0.388 e. The van der Waals surface area contributed by atoms with Crippen LogP contribution in [-0.2, 0) is 0 Å². The number of benzene rings is 1. The van der Waals surface area contributed by atoms with Gasteiger partial charge in [-0.3, -0.25) is 4.79 Å². The quantitative estimate of drug-likeness (QED) is 0.824. The highest BCUT2D eigenvalue weighted by Gasteiger charge is 2.19. The van der Waals surface area contributed by atoms with Gasteiger partial charge in [-0.25, -0.2) is 0 Å². The lowest BCUT2D eigenvalue weighted by atomic mass is 10.0. The second-order valence-corrected chi connectivity index (χ2v) is 6.06. The minimum Gasteiger partial charge on any atom is -0.388 e. The SMILES string of the molecule is CNc1ccc(C(=O)NC2CCCC(C)CC2)c(C)c1. The molecular weight excluding hydrogens is 248 g/mol. The van der Waals surface area contributed by atoms with E-state index >= 15 is 0 Å². The van der Waals surface area contributed by atoms with E-state index in [0.717, 1.165) is 35.6 Å². The molecule has 2 rings (SSSR count). The first-order chi connectivity index (χ1) is 9.60. The van der Waals surface area contributed by atoms with Gasteiger partial charge in [-0.05, 0) is 55.9 Å². The van der Waals surface area contributed by atoms with Gasteiger partial charge in [-0.15, -0.1) is 0 Å². The fourth-order valence-electron chi connectivity index (χ4n) is 2.97. The van der Waals surface area contributed by atoms with Crippen molar-refractivity contribution < 1.29 is 4.79 Å². The Morgan fingerprint density at radius 2 is 2.00 bits per heavy atom. The Labute approximate surface area is 122 Å². The van der Waals surface area contributed by atoms with Gasteiger partial charge in [0, 0.05) is 24.3 Å². The Hall–Kier alpha value is -1.51. The molecule has 0 saturated heterocycles. The molecule has 1 amide bonds. The molecule has 3 heteroatoms. The van der Waals surface area contributed by atoms with Gasteiger partial charge in [0.25, 0.3) is 5.91 Å². The monoisotopic (exact) mass is 274 g/mol. The van der Waals surface area contributed by atoms with Crippen LogP contribution in [0.25, 0.3) is 0 Å². The zero-order valence-corrected chi connectivity index (χ0v) is 12.8. The first kappa shape index (κ1) is 14.9. The molecule has 0 heterocycles. The summed E-state index contributed by atoms with van der Waals surface area (Å²) in [5.74, 6) is 0.873. The predicted molar refractivity (Wildman–Crippen MR) is 84.2 cm³/mol. The summed E-state index contributed by atoms with van der Waals surface area (Å²) in [6.45, 7) is 4.30. The fourth-order valence-corrected chi connectivity index (χ4v) is 2.97. The lowest BCUT2D eigenvalue weighted by Gasteiger charge is -2.17. The van der Waals surface area contributed by atoms with Gasteiger partial charge in [0.2, 0.25) is 0 Å². The molecule has 0 spiro atoms. The van der Waals surface area contributed by atoms with Crippen molar-refractivity contribution in [2.24, 2.45) is 5.92 Å². The Bertz CT molecular complexity index is 470. The van der Waals surface area contributed by atoms with E-state index in [-0.39, 0.29) is 5.91 Å². The van der Waals surface area contributed by atoms with E-state index in [0.29, 0.717) is 6.04 Å². The summed E-state index contributed by atoms with van der Waals surface area (Å²) in [5, 5.41) is 6.31. The van der Waals surface area contributed by atoms with Gasteiger partial charge in [0.15, 0.2) is 0 Å². The number of hydrogen-bond acceptors (Lipinski definition) is 2. The first-order valence-corrected chi connectivity index (χ1v) is 7.69. The Balaban J connectivity index is 2.00. The van der Waals surface area contributed by atoms with Crippen molar-refractivity contribution in [3.8, 4) is 0 Å². The fraction of sp³-hybridized carbons (Fsp3) is 0.588. The van der Waals surface area contributed by atoms with Gasteiger partial charge in [0.05, 0.1) is 0 Å². The Morgan fingerprint density at radius 3 is 2.70 bits per heavy atom. The number of rotatable bonds is 3. The summed E-state index contributed by atoms with van der Waals surface area (Å²) < 4.78 is 0. The van der Waals surface area contributed by atoms with Gasteiger partial charge in [-0.1, -0.05) is 19.8 Å². The van der Waals surface area contributed by atoms with Crippen LogP contribution in [-0.4, -0.2) is 19.0 Å². The number of carbonyl (C=O) groups excluding carboxylic acids is 1. The molecule has 20 heavy (non-hydrogen) atoms. The average Bonchev–Trinajstić information content (AvgIpc) is 2.63.